The predicted octanol–water partition coefficient (Wildman–Crippen LogP) is 6.83. The molecule has 4 nitrogen and oxygen atoms in total. The Morgan fingerprint density at radius 2 is 1.71 bits per heavy atom. The molecule has 4 rings (SSSR count). The highest BCUT2D eigenvalue weighted by Gasteiger charge is 2.16. The molecule has 0 aliphatic heterocycles. The van der Waals surface area contributed by atoms with Crippen LogP contribution in [0.5, 0.6) is 0 Å². The van der Waals surface area contributed by atoms with Gasteiger partial charge in [0, 0.05) is 26.4 Å². The molecule has 1 aromatic heterocycles. The van der Waals surface area contributed by atoms with E-state index in [0.717, 1.165) is 21.4 Å². The predicted molar refractivity (Wildman–Crippen MR) is 127 cm³/mol. The average Bonchev–Trinajstić information content (AvgIpc) is 3.19. The molecule has 1 amide bonds. The second-order valence-corrected chi connectivity index (χ2v) is 8.88. The van der Waals surface area contributed by atoms with Crippen molar-refractivity contribution in [1.82, 2.24) is 9.55 Å². The van der Waals surface area contributed by atoms with Crippen molar-refractivity contribution >= 4 is 50.9 Å². The number of nitrogens with one attached hydrogen (secondary N) is 1. The normalized spacial score (nSPS) is 10.8. The lowest BCUT2D eigenvalue weighted by Crippen LogP contribution is -2.14. The van der Waals surface area contributed by atoms with Crippen molar-refractivity contribution in [2.24, 2.45) is 0 Å². The van der Waals surface area contributed by atoms with Gasteiger partial charge in [0.05, 0.1) is 17.6 Å². The van der Waals surface area contributed by atoms with Crippen molar-refractivity contribution in [2.75, 3.05) is 11.1 Å². The molecule has 4 aromatic rings. The zero-order chi connectivity index (χ0) is 21.8. The molecule has 0 radical (unpaired) electrons. The molecular formula is C23H16BrClFN3OS. The third-order valence-corrected chi connectivity index (χ3v) is 6.15. The van der Waals surface area contributed by atoms with Gasteiger partial charge in [-0.15, -0.1) is 0 Å². The summed E-state index contributed by atoms with van der Waals surface area (Å²) in [5.74, 6) is -0.308. The Bertz CT molecular complexity index is 1200. The van der Waals surface area contributed by atoms with Crippen molar-refractivity contribution in [3.05, 3.63) is 94.3 Å². The Hall–Kier alpha value is -2.61. The number of rotatable bonds is 6. The first-order chi connectivity index (χ1) is 15.0. The molecule has 1 N–H and O–H groups in total. The van der Waals surface area contributed by atoms with Crippen LogP contribution in [-0.2, 0) is 4.79 Å². The van der Waals surface area contributed by atoms with Crippen LogP contribution >= 0.6 is 39.3 Å². The van der Waals surface area contributed by atoms with E-state index in [4.69, 9.17) is 11.6 Å². The Balaban J connectivity index is 1.59. The minimum Gasteiger partial charge on any atom is -0.325 e. The van der Waals surface area contributed by atoms with Gasteiger partial charge in [-0.1, -0.05) is 51.4 Å². The van der Waals surface area contributed by atoms with E-state index < -0.39 is 0 Å². The lowest BCUT2D eigenvalue weighted by molar-refractivity contribution is -0.113. The van der Waals surface area contributed by atoms with Crippen molar-refractivity contribution in [1.29, 1.82) is 0 Å². The van der Waals surface area contributed by atoms with Gasteiger partial charge in [0.15, 0.2) is 5.16 Å². The molecule has 0 saturated carbocycles. The summed E-state index contributed by atoms with van der Waals surface area (Å²) in [5, 5.41) is 4.08. The summed E-state index contributed by atoms with van der Waals surface area (Å²) in [6.07, 6.45) is 1.76. The molecule has 0 fully saturated rings. The maximum absolute atomic E-state index is 13.5. The number of thioether (sulfide) groups is 1. The van der Waals surface area contributed by atoms with Gasteiger partial charge in [-0.3, -0.25) is 9.36 Å². The van der Waals surface area contributed by atoms with E-state index >= 15 is 0 Å². The van der Waals surface area contributed by atoms with Crippen LogP contribution in [0.4, 0.5) is 10.1 Å². The van der Waals surface area contributed by atoms with Crippen molar-refractivity contribution < 1.29 is 9.18 Å². The number of anilines is 1. The minimum absolute atomic E-state index is 0.161. The second kappa shape index (κ2) is 9.68. The van der Waals surface area contributed by atoms with E-state index in [1.165, 1.54) is 23.9 Å². The molecule has 1 heterocycles. The Morgan fingerprint density at radius 1 is 1.03 bits per heavy atom. The van der Waals surface area contributed by atoms with Crippen molar-refractivity contribution in [3.63, 3.8) is 0 Å². The maximum Gasteiger partial charge on any atom is 0.234 e. The number of amides is 1. The fourth-order valence-corrected chi connectivity index (χ4v) is 4.14. The molecule has 156 valence electrons. The molecule has 0 unspecified atom stereocenters. The van der Waals surface area contributed by atoms with Gasteiger partial charge in [0.1, 0.15) is 5.82 Å². The van der Waals surface area contributed by atoms with Crippen LogP contribution in [0.3, 0.4) is 0 Å². The smallest absolute Gasteiger partial charge is 0.234 e. The minimum atomic E-state index is -0.314. The molecule has 0 saturated heterocycles. The molecular weight excluding hydrogens is 501 g/mol. The van der Waals surface area contributed by atoms with Gasteiger partial charge < -0.3 is 5.32 Å². The van der Waals surface area contributed by atoms with E-state index in [9.17, 15) is 9.18 Å². The van der Waals surface area contributed by atoms with Crippen LogP contribution in [-0.4, -0.2) is 21.2 Å². The molecule has 0 aliphatic carbocycles. The van der Waals surface area contributed by atoms with Crippen molar-refractivity contribution in [3.8, 4) is 16.9 Å². The number of hydrogen-bond donors (Lipinski definition) is 1. The van der Waals surface area contributed by atoms with E-state index in [2.05, 4.69) is 26.2 Å². The summed E-state index contributed by atoms with van der Waals surface area (Å²) in [6, 6.07) is 21.0. The third-order valence-electron chi connectivity index (χ3n) is 4.41. The van der Waals surface area contributed by atoms with E-state index in [1.54, 1.807) is 42.6 Å². The number of aromatic nitrogens is 2. The number of carbonyl (C=O) groups is 1. The zero-order valence-corrected chi connectivity index (χ0v) is 19.2. The number of imidazole rings is 1. The molecule has 0 aliphatic rings. The average molecular weight is 517 g/mol. The summed E-state index contributed by atoms with van der Waals surface area (Å²) < 4.78 is 16.4. The number of benzene rings is 3. The molecule has 0 spiro atoms. The largest absolute Gasteiger partial charge is 0.325 e. The Morgan fingerprint density at radius 3 is 2.39 bits per heavy atom. The lowest BCUT2D eigenvalue weighted by Gasteiger charge is -2.12. The van der Waals surface area contributed by atoms with Gasteiger partial charge in [0.2, 0.25) is 5.91 Å². The fourth-order valence-electron chi connectivity index (χ4n) is 2.96. The summed E-state index contributed by atoms with van der Waals surface area (Å²) in [5.41, 5.74) is 3.24. The first-order valence-electron chi connectivity index (χ1n) is 9.27. The van der Waals surface area contributed by atoms with E-state index in [1.807, 2.05) is 28.8 Å². The monoisotopic (exact) mass is 515 g/mol. The van der Waals surface area contributed by atoms with E-state index in [0.29, 0.717) is 15.9 Å². The van der Waals surface area contributed by atoms with Crippen molar-refractivity contribution in [2.45, 2.75) is 5.16 Å². The standard InChI is InChI=1S/C23H16BrClFN3OS/c24-16-3-1-15(2-4-16)21-13-27-23(29(21)20-11-7-18(26)8-12-20)31-14-22(30)28-19-9-5-17(25)6-10-19/h1-13H,14H2,(H,28,30). The third kappa shape index (κ3) is 5.36. The first kappa shape index (κ1) is 21.6. The van der Waals surface area contributed by atoms with Crippen LogP contribution in [0.25, 0.3) is 16.9 Å². The fraction of sp³-hybridized carbons (Fsp3) is 0.0435. The van der Waals surface area contributed by atoms with Crippen LogP contribution in [0, 0.1) is 5.82 Å². The summed E-state index contributed by atoms with van der Waals surface area (Å²) in [4.78, 5) is 16.9. The number of halogens is 3. The topological polar surface area (TPSA) is 46.9 Å². The van der Waals surface area contributed by atoms with Gasteiger partial charge >= 0.3 is 0 Å². The van der Waals surface area contributed by atoms with Crippen LogP contribution in [0.2, 0.25) is 5.02 Å². The van der Waals surface area contributed by atoms with Gasteiger partial charge in [-0.2, -0.15) is 0 Å². The molecule has 8 heteroatoms. The highest BCUT2D eigenvalue weighted by atomic mass is 79.9. The Kier molecular flexibility index (Phi) is 6.75. The van der Waals surface area contributed by atoms with E-state index in [-0.39, 0.29) is 17.5 Å². The second-order valence-electron chi connectivity index (χ2n) is 6.59. The SMILES string of the molecule is O=C(CSc1ncc(-c2ccc(Br)cc2)n1-c1ccc(F)cc1)Nc1ccc(Cl)cc1. The number of nitrogens with zero attached hydrogens (tertiary/aromatic N) is 2. The first-order valence-corrected chi connectivity index (χ1v) is 11.4. The highest BCUT2D eigenvalue weighted by Crippen LogP contribution is 2.31. The Labute approximate surface area is 196 Å². The molecule has 31 heavy (non-hydrogen) atoms. The summed E-state index contributed by atoms with van der Waals surface area (Å²) in [7, 11) is 0. The van der Waals surface area contributed by atoms with Crippen LogP contribution in [0.1, 0.15) is 0 Å². The molecule has 0 atom stereocenters. The summed E-state index contributed by atoms with van der Waals surface area (Å²) in [6.45, 7) is 0. The highest BCUT2D eigenvalue weighted by molar-refractivity contribution is 9.10. The van der Waals surface area contributed by atoms with Gasteiger partial charge in [-0.05, 0) is 60.7 Å². The van der Waals surface area contributed by atoms with Gasteiger partial charge in [0.25, 0.3) is 0 Å². The molecule has 0 bridgehead atoms. The quantitative estimate of drug-likeness (QED) is 0.286. The lowest BCUT2D eigenvalue weighted by atomic mass is 10.1. The number of carbonyl (C=O) groups excluding carboxylic acids is 1. The maximum atomic E-state index is 13.5. The summed E-state index contributed by atoms with van der Waals surface area (Å²) >= 11 is 10.6. The zero-order valence-electron chi connectivity index (χ0n) is 16.1. The molecule has 3 aromatic carbocycles. The number of hydrogen-bond acceptors (Lipinski definition) is 3. The van der Waals surface area contributed by atoms with Crippen LogP contribution < -0.4 is 5.32 Å². The van der Waals surface area contributed by atoms with Crippen LogP contribution in [0.15, 0.2) is 88.6 Å². The van der Waals surface area contributed by atoms with Gasteiger partial charge in [-0.25, -0.2) is 9.37 Å².